The lowest BCUT2D eigenvalue weighted by Crippen LogP contribution is -2.37. The molecule has 9 nitrogen and oxygen atoms in total. The second-order valence-electron chi connectivity index (χ2n) is 19.0. The van der Waals surface area contributed by atoms with Crippen molar-refractivity contribution in [3.63, 3.8) is 0 Å². The van der Waals surface area contributed by atoms with Crippen molar-refractivity contribution in [3.8, 4) is 28.4 Å². The van der Waals surface area contributed by atoms with E-state index in [4.69, 9.17) is 28.4 Å². The summed E-state index contributed by atoms with van der Waals surface area (Å²) in [5.41, 5.74) is 8.53. The number of morpholine rings is 1. The first kappa shape index (κ1) is 47.4. The molecule has 1 spiro atoms. The van der Waals surface area contributed by atoms with E-state index in [0.717, 1.165) is 81.4 Å². The zero-order chi connectivity index (χ0) is 48.1. The van der Waals surface area contributed by atoms with Crippen molar-refractivity contribution < 1.29 is 38.0 Å². The van der Waals surface area contributed by atoms with Gasteiger partial charge in [0, 0.05) is 51.2 Å². The maximum atomic E-state index is 12.4. The van der Waals surface area contributed by atoms with Gasteiger partial charge in [-0.1, -0.05) is 124 Å². The van der Waals surface area contributed by atoms with Crippen LogP contribution in [0.25, 0.3) is 28.0 Å². The van der Waals surface area contributed by atoms with Crippen molar-refractivity contribution in [3.05, 3.63) is 149 Å². The smallest absolute Gasteiger partial charge is 0.306 e. The molecule has 0 bridgehead atoms. The lowest BCUT2D eigenvalue weighted by Gasteiger charge is -2.40. The number of hydrogen-bond acceptors (Lipinski definition) is 10. The van der Waals surface area contributed by atoms with Gasteiger partial charge >= 0.3 is 11.9 Å². The number of hydrogen-bond donors (Lipinski definition) is 0. The van der Waals surface area contributed by atoms with Gasteiger partial charge in [0.05, 0.1) is 44.2 Å². The van der Waals surface area contributed by atoms with Gasteiger partial charge in [0.1, 0.15) is 30.5 Å². The Bertz CT molecular complexity index is 2850. The highest BCUT2D eigenvalue weighted by Gasteiger charge is 2.48. The van der Waals surface area contributed by atoms with Crippen LogP contribution in [0.4, 0.5) is 5.69 Å². The monoisotopic (exact) mass is 957 g/mol. The fraction of sp³-hybridized carbons (Fsp3) is 0.367. The third-order valence-corrected chi connectivity index (χ3v) is 15.8. The summed E-state index contributed by atoms with van der Waals surface area (Å²) in [6.07, 6.45) is 13.4. The second kappa shape index (κ2) is 21.0. The molecule has 70 heavy (non-hydrogen) atoms. The Morgan fingerprint density at radius 3 is 2.19 bits per heavy atom. The second-order valence-corrected chi connectivity index (χ2v) is 20.1. The first-order valence-electron chi connectivity index (χ1n) is 25.2. The largest absolute Gasteiger partial charge is 0.496 e. The number of benzene rings is 6. The molecule has 6 aromatic carbocycles. The van der Waals surface area contributed by atoms with E-state index >= 15 is 0 Å². The van der Waals surface area contributed by atoms with E-state index in [0.29, 0.717) is 19.0 Å². The van der Waals surface area contributed by atoms with Crippen molar-refractivity contribution in [2.24, 2.45) is 0 Å². The number of anilines is 1. The van der Waals surface area contributed by atoms with Crippen LogP contribution in [0.2, 0.25) is 0 Å². The molecule has 10 heteroatoms. The van der Waals surface area contributed by atoms with Gasteiger partial charge in [-0.3, -0.25) is 9.59 Å². The average Bonchev–Trinajstić information content (AvgIpc) is 3.69. The molecule has 10 rings (SSSR count). The molecular weight excluding hydrogens is 895 g/mol. The molecule has 0 N–H and O–H groups in total. The van der Waals surface area contributed by atoms with Crippen molar-refractivity contribution in [1.29, 1.82) is 0 Å². The highest BCUT2D eigenvalue weighted by Crippen LogP contribution is 2.62. The van der Waals surface area contributed by atoms with Gasteiger partial charge in [-0.05, 0) is 108 Å². The topological polar surface area (TPSA) is 92.8 Å². The molecule has 4 aliphatic rings. The van der Waals surface area contributed by atoms with Gasteiger partial charge in [0.15, 0.2) is 5.60 Å². The van der Waals surface area contributed by atoms with Crippen LogP contribution in [0.15, 0.2) is 131 Å². The molecule has 362 valence electrons. The van der Waals surface area contributed by atoms with Crippen LogP contribution in [0.5, 0.6) is 17.2 Å². The lowest BCUT2D eigenvalue weighted by molar-refractivity contribution is -0.153. The number of esters is 2. The van der Waals surface area contributed by atoms with Crippen LogP contribution in [0.3, 0.4) is 0 Å². The molecule has 0 aromatic heterocycles. The van der Waals surface area contributed by atoms with Crippen molar-refractivity contribution >= 4 is 46.2 Å². The van der Waals surface area contributed by atoms with E-state index in [2.05, 4.69) is 120 Å². The number of carbonyl (C=O) groups excluding carboxylic acids is 2. The third-order valence-electron chi connectivity index (χ3n) is 14.7. The first-order chi connectivity index (χ1) is 34.3. The van der Waals surface area contributed by atoms with Gasteiger partial charge in [-0.2, -0.15) is 0 Å². The summed E-state index contributed by atoms with van der Waals surface area (Å²) in [5, 5.41) is 2.18. The Morgan fingerprint density at radius 1 is 0.771 bits per heavy atom. The molecular formula is C60H63NO8S. The summed E-state index contributed by atoms with van der Waals surface area (Å²) in [6.45, 7) is 7.09. The minimum Gasteiger partial charge on any atom is -0.496 e. The normalized spacial score (nSPS) is 18.4. The predicted molar refractivity (Wildman–Crippen MR) is 277 cm³/mol. The molecule has 0 radical (unpaired) electrons. The highest BCUT2D eigenvalue weighted by atomic mass is 32.2. The van der Waals surface area contributed by atoms with Crippen molar-refractivity contribution in [1.82, 2.24) is 0 Å². The van der Waals surface area contributed by atoms with E-state index in [1.807, 2.05) is 26.0 Å². The number of rotatable bonds is 15. The molecule has 1 saturated carbocycles. The van der Waals surface area contributed by atoms with Crippen LogP contribution in [0.1, 0.15) is 106 Å². The molecule has 2 fully saturated rings. The molecule has 2 aliphatic heterocycles. The van der Waals surface area contributed by atoms with Crippen LogP contribution >= 0.6 is 11.8 Å². The van der Waals surface area contributed by atoms with Gasteiger partial charge in [-0.25, -0.2) is 0 Å². The molecule has 0 amide bonds. The fourth-order valence-corrected chi connectivity index (χ4v) is 12.0. The van der Waals surface area contributed by atoms with E-state index in [1.54, 1.807) is 18.9 Å². The van der Waals surface area contributed by atoms with Crippen LogP contribution in [-0.2, 0) is 34.8 Å². The maximum absolute atomic E-state index is 12.4. The SMILES string of the molecule is CCC(C)OC(=O)CCC(=O)OCCOc1ccc(C2(c3ccc(N4CCOCC4)cc3)C=Cc3c4c(c5cc(Sc6ccccc6)c(OC)cc5c3O2)-c2ccccc2C42CCCCCCC2)cc1. The van der Waals surface area contributed by atoms with Gasteiger partial charge in [-0.15, -0.1) is 0 Å². The van der Waals surface area contributed by atoms with Crippen LogP contribution in [0, 0.1) is 0 Å². The summed E-state index contributed by atoms with van der Waals surface area (Å²) in [6, 6.07) is 41.2. The van der Waals surface area contributed by atoms with Gasteiger partial charge in [0.2, 0.25) is 0 Å². The minimum absolute atomic E-state index is 0.0150. The standard InChI is InChI=1S/C60H63NO8S/c1-4-41(2)68-55(63)28-27-54(62)67-38-37-66-45-25-21-43(22-26-45)60(42-19-23-44(24-20-42)61-33-35-65-36-34-61)32-29-48-57-56(47-17-11-12-18-51(47)59(57)30-13-6-5-7-14-31-59)49-40-53(70-46-15-9-8-10-16-46)52(64-3)39-50(49)58(48)69-60/h8-12,15-26,29,32,39-41H,4-7,13-14,27-28,30-31,33-38H2,1-3H3. The van der Waals surface area contributed by atoms with E-state index in [1.165, 1.54) is 59.7 Å². The fourth-order valence-electron chi connectivity index (χ4n) is 11.0. The number of nitrogens with zero attached hydrogens (tertiary/aromatic N) is 1. The maximum Gasteiger partial charge on any atom is 0.306 e. The molecule has 2 unspecified atom stereocenters. The Hall–Kier alpha value is -6.23. The van der Waals surface area contributed by atoms with E-state index < -0.39 is 17.5 Å². The molecule has 1 saturated heterocycles. The summed E-state index contributed by atoms with van der Waals surface area (Å²) in [7, 11) is 1.76. The summed E-state index contributed by atoms with van der Waals surface area (Å²) < 4.78 is 36.6. The molecule has 2 aliphatic carbocycles. The lowest BCUT2D eigenvalue weighted by atomic mass is 9.67. The number of fused-ring (bicyclic) bond motifs is 10. The number of ether oxygens (including phenoxy) is 6. The molecule has 2 heterocycles. The minimum atomic E-state index is -1.02. The van der Waals surface area contributed by atoms with E-state index in [9.17, 15) is 9.59 Å². The predicted octanol–water partition coefficient (Wildman–Crippen LogP) is 13.2. The zero-order valence-corrected chi connectivity index (χ0v) is 41.5. The Morgan fingerprint density at radius 2 is 1.46 bits per heavy atom. The molecule has 2 atom stereocenters. The summed E-state index contributed by atoms with van der Waals surface area (Å²) >= 11 is 1.73. The number of carbonyl (C=O) groups is 2. The van der Waals surface area contributed by atoms with E-state index in [-0.39, 0.29) is 37.6 Å². The summed E-state index contributed by atoms with van der Waals surface area (Å²) in [5.74, 6) is 1.42. The van der Waals surface area contributed by atoms with Crippen molar-refractivity contribution in [2.45, 2.75) is 105 Å². The van der Waals surface area contributed by atoms with Gasteiger partial charge in [0.25, 0.3) is 0 Å². The van der Waals surface area contributed by atoms with Crippen molar-refractivity contribution in [2.75, 3.05) is 51.5 Å². The Labute approximate surface area is 416 Å². The highest BCUT2D eigenvalue weighted by molar-refractivity contribution is 7.99. The zero-order valence-electron chi connectivity index (χ0n) is 40.6. The average molecular weight is 958 g/mol. The first-order valence-corrected chi connectivity index (χ1v) is 26.1. The van der Waals surface area contributed by atoms with Gasteiger partial charge < -0.3 is 33.3 Å². The quantitative estimate of drug-likeness (QED) is 0.0732. The Kier molecular flexibility index (Phi) is 14.2. The number of methoxy groups -OCH3 is 1. The summed E-state index contributed by atoms with van der Waals surface area (Å²) in [4.78, 5) is 29.1. The van der Waals surface area contributed by atoms with Crippen LogP contribution < -0.4 is 19.1 Å². The Balaban J connectivity index is 1.05. The van der Waals surface area contributed by atoms with Crippen LogP contribution in [-0.4, -0.2) is 64.7 Å². The third kappa shape index (κ3) is 9.40. The molecule has 6 aromatic rings.